The second-order valence-corrected chi connectivity index (χ2v) is 5.05. The topological polar surface area (TPSA) is 112 Å². The number of hydrogen-bond acceptors (Lipinski definition) is 6. The van der Waals surface area contributed by atoms with Crippen LogP contribution in [0.1, 0.15) is 41.9 Å². The number of carbonyl (C=O) groups is 1. The van der Waals surface area contributed by atoms with Gasteiger partial charge in [-0.05, 0) is 0 Å². The summed E-state index contributed by atoms with van der Waals surface area (Å²) in [5.41, 5.74) is 6.26. The molecule has 21 heavy (non-hydrogen) atoms. The Hall–Kier alpha value is -2.51. The first-order chi connectivity index (χ1) is 9.99. The maximum atomic E-state index is 12.1. The minimum Gasteiger partial charge on any atom is -0.396 e. The largest absolute Gasteiger partial charge is 0.396 e. The summed E-state index contributed by atoms with van der Waals surface area (Å²) in [5, 5.41) is 10.5. The van der Waals surface area contributed by atoms with Gasteiger partial charge in [0, 0.05) is 25.9 Å². The molecule has 0 aliphatic heterocycles. The first-order valence-corrected chi connectivity index (χ1v) is 6.72. The van der Waals surface area contributed by atoms with Gasteiger partial charge in [-0.15, -0.1) is 10.2 Å². The van der Waals surface area contributed by atoms with Crippen LogP contribution in [-0.4, -0.2) is 37.2 Å². The Balaban J connectivity index is 2.00. The van der Waals surface area contributed by atoms with E-state index in [9.17, 15) is 4.79 Å². The van der Waals surface area contributed by atoms with Crippen molar-refractivity contribution in [1.29, 1.82) is 0 Å². The fraction of sp³-hybridized carbons (Fsp3) is 0.462. The number of nitrogens with zero attached hydrogens (tertiary/aromatic N) is 5. The first kappa shape index (κ1) is 14.9. The standard InChI is InChI=1S/C13H19N7O/c1-8(2)12-16-6-9(14)11(18-12)13(21)15-5-4-10-19-17-7-20(10)3/h6-8H,4-5,14H2,1-3H3,(H,15,21). The summed E-state index contributed by atoms with van der Waals surface area (Å²) in [6.07, 6.45) is 3.68. The van der Waals surface area contributed by atoms with E-state index < -0.39 is 0 Å². The molecule has 0 spiro atoms. The van der Waals surface area contributed by atoms with Crippen molar-refractivity contribution in [2.45, 2.75) is 26.2 Å². The zero-order valence-electron chi connectivity index (χ0n) is 12.4. The highest BCUT2D eigenvalue weighted by atomic mass is 16.1. The van der Waals surface area contributed by atoms with E-state index in [1.807, 2.05) is 25.5 Å². The molecule has 2 heterocycles. The van der Waals surface area contributed by atoms with Crippen LogP contribution in [0.15, 0.2) is 12.5 Å². The Morgan fingerprint density at radius 1 is 1.48 bits per heavy atom. The smallest absolute Gasteiger partial charge is 0.272 e. The van der Waals surface area contributed by atoms with Crippen molar-refractivity contribution >= 4 is 11.6 Å². The van der Waals surface area contributed by atoms with Crippen LogP contribution in [0, 0.1) is 0 Å². The molecule has 0 aliphatic carbocycles. The van der Waals surface area contributed by atoms with Crippen molar-refractivity contribution < 1.29 is 4.79 Å². The Kier molecular flexibility index (Phi) is 4.46. The highest BCUT2D eigenvalue weighted by Crippen LogP contribution is 2.13. The van der Waals surface area contributed by atoms with Crippen molar-refractivity contribution in [3.63, 3.8) is 0 Å². The molecular formula is C13H19N7O. The van der Waals surface area contributed by atoms with Gasteiger partial charge >= 0.3 is 0 Å². The van der Waals surface area contributed by atoms with E-state index in [2.05, 4.69) is 25.5 Å². The molecular weight excluding hydrogens is 270 g/mol. The molecule has 1 amide bonds. The van der Waals surface area contributed by atoms with E-state index in [1.54, 1.807) is 6.33 Å². The van der Waals surface area contributed by atoms with Gasteiger partial charge < -0.3 is 15.6 Å². The molecule has 8 nitrogen and oxygen atoms in total. The van der Waals surface area contributed by atoms with Gasteiger partial charge in [-0.1, -0.05) is 13.8 Å². The predicted molar refractivity (Wildman–Crippen MR) is 77.6 cm³/mol. The lowest BCUT2D eigenvalue weighted by Gasteiger charge is -2.09. The van der Waals surface area contributed by atoms with Gasteiger partial charge in [0.1, 0.15) is 18.0 Å². The lowest BCUT2D eigenvalue weighted by Crippen LogP contribution is -2.28. The van der Waals surface area contributed by atoms with E-state index in [1.165, 1.54) is 6.20 Å². The van der Waals surface area contributed by atoms with Gasteiger partial charge in [0.05, 0.1) is 11.9 Å². The first-order valence-electron chi connectivity index (χ1n) is 6.72. The molecule has 0 saturated heterocycles. The number of rotatable bonds is 5. The zero-order chi connectivity index (χ0) is 15.4. The monoisotopic (exact) mass is 289 g/mol. The van der Waals surface area contributed by atoms with Gasteiger partial charge in [0.15, 0.2) is 5.69 Å². The highest BCUT2D eigenvalue weighted by molar-refractivity contribution is 5.96. The van der Waals surface area contributed by atoms with Crippen molar-refractivity contribution in [2.24, 2.45) is 7.05 Å². The minimum atomic E-state index is -0.307. The summed E-state index contributed by atoms with van der Waals surface area (Å²) in [6, 6.07) is 0. The Morgan fingerprint density at radius 2 is 2.24 bits per heavy atom. The SMILES string of the molecule is CC(C)c1ncc(N)c(C(=O)NCCc2nncn2C)n1. The number of aromatic nitrogens is 5. The summed E-state index contributed by atoms with van der Waals surface area (Å²) < 4.78 is 1.81. The number of nitrogen functional groups attached to an aromatic ring is 1. The number of aryl methyl sites for hydroxylation is 1. The predicted octanol–water partition coefficient (Wildman–Crippen LogP) is 0.283. The lowest BCUT2D eigenvalue weighted by molar-refractivity contribution is 0.0949. The van der Waals surface area contributed by atoms with Crippen LogP contribution in [0.4, 0.5) is 5.69 Å². The van der Waals surface area contributed by atoms with Crippen molar-refractivity contribution in [1.82, 2.24) is 30.0 Å². The number of amides is 1. The molecule has 0 radical (unpaired) electrons. The van der Waals surface area contributed by atoms with E-state index in [0.717, 1.165) is 5.82 Å². The Bertz CT molecular complexity index is 635. The van der Waals surface area contributed by atoms with Gasteiger partial charge in [-0.3, -0.25) is 4.79 Å². The maximum Gasteiger partial charge on any atom is 0.272 e. The zero-order valence-corrected chi connectivity index (χ0v) is 12.4. The van der Waals surface area contributed by atoms with Crippen LogP contribution < -0.4 is 11.1 Å². The van der Waals surface area contributed by atoms with Crippen LogP contribution >= 0.6 is 0 Å². The summed E-state index contributed by atoms with van der Waals surface area (Å²) in [5.74, 6) is 1.23. The molecule has 0 fully saturated rings. The quantitative estimate of drug-likeness (QED) is 0.818. The van der Waals surface area contributed by atoms with Crippen LogP contribution in [0.25, 0.3) is 0 Å². The Morgan fingerprint density at radius 3 is 2.86 bits per heavy atom. The van der Waals surface area contributed by atoms with E-state index in [0.29, 0.717) is 18.8 Å². The average molecular weight is 289 g/mol. The molecule has 8 heteroatoms. The number of nitrogens with two attached hydrogens (primary N) is 1. The average Bonchev–Trinajstić information content (AvgIpc) is 2.84. The van der Waals surface area contributed by atoms with Crippen molar-refractivity contribution in [3.05, 3.63) is 29.9 Å². The molecule has 0 aromatic carbocycles. The Labute approximate surface area is 122 Å². The van der Waals surface area contributed by atoms with Gasteiger partial charge in [-0.25, -0.2) is 9.97 Å². The van der Waals surface area contributed by atoms with Gasteiger partial charge in [0.2, 0.25) is 0 Å². The molecule has 2 aromatic rings. The number of nitrogens with one attached hydrogen (secondary N) is 1. The number of carbonyl (C=O) groups excluding carboxylic acids is 1. The number of hydrogen-bond donors (Lipinski definition) is 2. The van der Waals surface area contributed by atoms with Crippen LogP contribution in [0.5, 0.6) is 0 Å². The third-order valence-electron chi connectivity index (χ3n) is 3.01. The lowest BCUT2D eigenvalue weighted by atomic mass is 10.2. The maximum absolute atomic E-state index is 12.1. The molecule has 0 saturated carbocycles. The van der Waals surface area contributed by atoms with Gasteiger partial charge in [-0.2, -0.15) is 0 Å². The molecule has 0 atom stereocenters. The van der Waals surface area contributed by atoms with Crippen LogP contribution in [-0.2, 0) is 13.5 Å². The van der Waals surface area contributed by atoms with E-state index in [-0.39, 0.29) is 23.2 Å². The third kappa shape index (κ3) is 3.53. The number of anilines is 1. The molecule has 0 aliphatic rings. The third-order valence-corrected chi connectivity index (χ3v) is 3.01. The molecule has 3 N–H and O–H groups in total. The minimum absolute atomic E-state index is 0.135. The highest BCUT2D eigenvalue weighted by Gasteiger charge is 2.14. The van der Waals surface area contributed by atoms with Crippen molar-refractivity contribution in [3.8, 4) is 0 Å². The second-order valence-electron chi connectivity index (χ2n) is 5.05. The molecule has 0 bridgehead atoms. The van der Waals surface area contributed by atoms with Crippen molar-refractivity contribution in [2.75, 3.05) is 12.3 Å². The normalized spacial score (nSPS) is 10.9. The van der Waals surface area contributed by atoms with E-state index in [4.69, 9.17) is 5.73 Å². The summed E-state index contributed by atoms with van der Waals surface area (Å²) in [7, 11) is 1.86. The summed E-state index contributed by atoms with van der Waals surface area (Å²) >= 11 is 0. The van der Waals surface area contributed by atoms with Crippen LogP contribution in [0.3, 0.4) is 0 Å². The fourth-order valence-electron chi connectivity index (χ4n) is 1.77. The summed E-state index contributed by atoms with van der Waals surface area (Å²) in [4.78, 5) is 20.5. The summed E-state index contributed by atoms with van der Waals surface area (Å²) in [6.45, 7) is 4.36. The van der Waals surface area contributed by atoms with Gasteiger partial charge in [0.25, 0.3) is 5.91 Å². The van der Waals surface area contributed by atoms with E-state index >= 15 is 0 Å². The molecule has 0 unspecified atom stereocenters. The van der Waals surface area contributed by atoms with Crippen LogP contribution in [0.2, 0.25) is 0 Å². The molecule has 112 valence electrons. The molecule has 2 aromatic heterocycles. The molecule has 2 rings (SSSR count). The fourth-order valence-corrected chi connectivity index (χ4v) is 1.77. The second kappa shape index (κ2) is 6.29.